The molecular formula is C12H9BrN2O6. The van der Waals surface area contributed by atoms with Gasteiger partial charge < -0.3 is 14.1 Å². The van der Waals surface area contributed by atoms with E-state index in [-0.39, 0.29) is 22.3 Å². The van der Waals surface area contributed by atoms with Gasteiger partial charge in [0.2, 0.25) is 0 Å². The van der Waals surface area contributed by atoms with Crippen molar-refractivity contribution >= 4 is 27.6 Å². The maximum atomic E-state index is 11.6. The highest BCUT2D eigenvalue weighted by atomic mass is 79.9. The van der Waals surface area contributed by atoms with E-state index >= 15 is 0 Å². The standard InChI is InChI=1S/C12H9BrN2O6/c1-6-8(12(17)18)2-7(21-6)3-14-4-9(13)11(16)10(5-14)15(19)20/h2,4-5H,3H2,1H3,(H,17,18). The van der Waals surface area contributed by atoms with Crippen molar-refractivity contribution in [3.63, 3.8) is 0 Å². The summed E-state index contributed by atoms with van der Waals surface area (Å²) < 4.78 is 6.69. The Morgan fingerprint density at radius 2 is 2.19 bits per heavy atom. The van der Waals surface area contributed by atoms with Crippen LogP contribution in [0.5, 0.6) is 0 Å². The van der Waals surface area contributed by atoms with Crippen LogP contribution in [-0.4, -0.2) is 20.6 Å². The second-order valence-electron chi connectivity index (χ2n) is 4.24. The van der Waals surface area contributed by atoms with Crippen LogP contribution in [0.25, 0.3) is 0 Å². The molecule has 0 unspecified atom stereocenters. The Morgan fingerprint density at radius 1 is 1.52 bits per heavy atom. The van der Waals surface area contributed by atoms with E-state index in [0.29, 0.717) is 5.76 Å². The van der Waals surface area contributed by atoms with E-state index in [9.17, 15) is 19.7 Å². The van der Waals surface area contributed by atoms with Gasteiger partial charge in [-0.2, -0.15) is 0 Å². The molecule has 0 saturated carbocycles. The van der Waals surface area contributed by atoms with Crippen LogP contribution in [0.2, 0.25) is 0 Å². The lowest BCUT2D eigenvalue weighted by Gasteiger charge is -2.04. The zero-order chi connectivity index (χ0) is 15.7. The van der Waals surface area contributed by atoms with Crippen LogP contribution in [0.1, 0.15) is 21.9 Å². The summed E-state index contributed by atoms with van der Waals surface area (Å²) >= 11 is 2.96. The average molecular weight is 357 g/mol. The molecule has 0 radical (unpaired) electrons. The van der Waals surface area contributed by atoms with Gasteiger partial charge in [0, 0.05) is 6.20 Å². The van der Waals surface area contributed by atoms with E-state index in [1.54, 1.807) is 0 Å². The number of hydrogen-bond donors (Lipinski definition) is 1. The molecule has 110 valence electrons. The molecule has 1 N–H and O–H groups in total. The lowest BCUT2D eigenvalue weighted by Crippen LogP contribution is -2.13. The summed E-state index contributed by atoms with van der Waals surface area (Å²) in [5.41, 5.74) is -1.27. The third-order valence-corrected chi connectivity index (χ3v) is 3.32. The van der Waals surface area contributed by atoms with Gasteiger partial charge in [-0.25, -0.2) is 4.79 Å². The number of nitro groups is 1. The number of halogens is 1. The minimum Gasteiger partial charge on any atom is -0.478 e. The summed E-state index contributed by atoms with van der Waals surface area (Å²) in [4.78, 5) is 32.5. The Hall–Kier alpha value is -2.42. The summed E-state index contributed by atoms with van der Waals surface area (Å²) in [6, 6.07) is 1.34. The number of hydrogen-bond acceptors (Lipinski definition) is 5. The predicted octanol–water partition coefficient (Wildman–Crippen LogP) is 2.17. The van der Waals surface area contributed by atoms with Crippen LogP contribution >= 0.6 is 15.9 Å². The molecule has 0 spiro atoms. The van der Waals surface area contributed by atoms with Crippen LogP contribution in [0.15, 0.2) is 32.1 Å². The van der Waals surface area contributed by atoms with Gasteiger partial charge in [-0.1, -0.05) is 0 Å². The van der Waals surface area contributed by atoms with E-state index in [4.69, 9.17) is 9.52 Å². The Morgan fingerprint density at radius 3 is 2.71 bits per heavy atom. The maximum Gasteiger partial charge on any atom is 0.339 e. The number of furan rings is 1. The number of nitrogens with zero attached hydrogens (tertiary/aromatic N) is 2. The Bertz CT molecular complexity index is 792. The fourth-order valence-corrected chi connectivity index (χ4v) is 2.28. The van der Waals surface area contributed by atoms with Gasteiger partial charge in [0.25, 0.3) is 5.43 Å². The van der Waals surface area contributed by atoms with Gasteiger partial charge in [0.15, 0.2) is 0 Å². The molecule has 0 aliphatic heterocycles. The molecule has 2 heterocycles. The summed E-state index contributed by atoms with van der Waals surface area (Å²) in [5, 5.41) is 19.7. The van der Waals surface area contributed by atoms with Crippen LogP contribution in [-0.2, 0) is 6.54 Å². The van der Waals surface area contributed by atoms with Crippen molar-refractivity contribution < 1.29 is 19.2 Å². The zero-order valence-electron chi connectivity index (χ0n) is 10.7. The molecule has 0 atom stereocenters. The van der Waals surface area contributed by atoms with Crippen LogP contribution in [0.3, 0.4) is 0 Å². The average Bonchev–Trinajstić information content (AvgIpc) is 2.74. The molecule has 0 aliphatic rings. The fourth-order valence-electron chi connectivity index (χ4n) is 1.81. The molecule has 8 nitrogen and oxygen atoms in total. The molecule has 2 aromatic heterocycles. The maximum absolute atomic E-state index is 11.6. The summed E-state index contributed by atoms with van der Waals surface area (Å²) in [6.45, 7) is 1.57. The molecule has 2 aromatic rings. The highest BCUT2D eigenvalue weighted by Gasteiger charge is 2.18. The highest BCUT2D eigenvalue weighted by Crippen LogP contribution is 2.17. The molecule has 9 heteroatoms. The largest absolute Gasteiger partial charge is 0.478 e. The van der Waals surface area contributed by atoms with Crippen LogP contribution in [0, 0.1) is 17.0 Å². The molecule has 2 rings (SSSR count). The van der Waals surface area contributed by atoms with Crippen molar-refractivity contribution in [1.29, 1.82) is 0 Å². The topological polar surface area (TPSA) is 116 Å². The predicted molar refractivity (Wildman–Crippen MR) is 74.6 cm³/mol. The first-order valence-electron chi connectivity index (χ1n) is 5.66. The van der Waals surface area contributed by atoms with Gasteiger partial charge in [-0.3, -0.25) is 14.9 Å². The van der Waals surface area contributed by atoms with E-state index in [1.807, 2.05) is 0 Å². The normalized spacial score (nSPS) is 10.6. The SMILES string of the molecule is Cc1oc(Cn2cc(Br)c(=O)c([N+](=O)[O-])c2)cc1C(=O)O. The molecular weight excluding hydrogens is 348 g/mol. The van der Waals surface area contributed by atoms with Crippen molar-refractivity contribution in [2.24, 2.45) is 0 Å². The van der Waals surface area contributed by atoms with Gasteiger partial charge in [0.1, 0.15) is 17.1 Å². The van der Waals surface area contributed by atoms with Crippen molar-refractivity contribution in [1.82, 2.24) is 4.57 Å². The summed E-state index contributed by atoms with van der Waals surface area (Å²) in [6.07, 6.45) is 2.44. The van der Waals surface area contributed by atoms with E-state index in [2.05, 4.69) is 15.9 Å². The minimum atomic E-state index is -1.12. The van der Waals surface area contributed by atoms with Crippen molar-refractivity contribution in [3.05, 3.63) is 60.4 Å². The van der Waals surface area contributed by atoms with Crippen LogP contribution in [0.4, 0.5) is 5.69 Å². The van der Waals surface area contributed by atoms with E-state index < -0.39 is 22.0 Å². The number of rotatable bonds is 4. The van der Waals surface area contributed by atoms with Gasteiger partial charge >= 0.3 is 11.7 Å². The fraction of sp³-hybridized carbons (Fsp3) is 0.167. The number of aryl methyl sites for hydroxylation is 1. The number of carbonyl (C=O) groups is 1. The number of pyridine rings is 1. The Labute approximate surface area is 125 Å². The van der Waals surface area contributed by atoms with Crippen LogP contribution < -0.4 is 5.43 Å². The molecule has 0 saturated heterocycles. The number of aromatic carboxylic acids is 1. The van der Waals surface area contributed by atoms with E-state index in [1.165, 1.54) is 23.8 Å². The molecule has 0 amide bonds. The lowest BCUT2D eigenvalue weighted by molar-refractivity contribution is -0.386. The molecule has 0 bridgehead atoms. The molecule has 0 fully saturated rings. The third kappa shape index (κ3) is 3.02. The second kappa shape index (κ2) is 5.52. The smallest absolute Gasteiger partial charge is 0.339 e. The van der Waals surface area contributed by atoms with E-state index in [0.717, 1.165) is 6.20 Å². The molecule has 0 aromatic carbocycles. The lowest BCUT2D eigenvalue weighted by atomic mass is 10.2. The zero-order valence-corrected chi connectivity index (χ0v) is 12.3. The first-order valence-corrected chi connectivity index (χ1v) is 6.45. The van der Waals surface area contributed by atoms with Crippen molar-refractivity contribution in [2.75, 3.05) is 0 Å². The second-order valence-corrected chi connectivity index (χ2v) is 5.09. The summed E-state index contributed by atoms with van der Waals surface area (Å²) in [5.74, 6) is -0.559. The monoisotopic (exact) mass is 356 g/mol. The number of aromatic nitrogens is 1. The van der Waals surface area contributed by atoms with Crippen molar-refractivity contribution in [2.45, 2.75) is 13.5 Å². The minimum absolute atomic E-state index is 0.0274. The molecule has 0 aliphatic carbocycles. The van der Waals surface area contributed by atoms with Gasteiger partial charge in [-0.05, 0) is 28.9 Å². The summed E-state index contributed by atoms with van der Waals surface area (Å²) in [7, 11) is 0. The highest BCUT2D eigenvalue weighted by molar-refractivity contribution is 9.10. The quantitative estimate of drug-likeness (QED) is 0.662. The molecule has 21 heavy (non-hydrogen) atoms. The Kier molecular flexibility index (Phi) is 3.94. The first-order chi connectivity index (χ1) is 9.79. The van der Waals surface area contributed by atoms with Gasteiger partial charge in [-0.15, -0.1) is 0 Å². The number of carboxylic acid groups (broad SMARTS) is 1. The first kappa shape index (κ1) is 15.0. The van der Waals surface area contributed by atoms with Gasteiger partial charge in [0.05, 0.1) is 22.1 Å². The number of carboxylic acids is 1. The Balaban J connectivity index is 2.40. The van der Waals surface area contributed by atoms with Crippen molar-refractivity contribution in [3.8, 4) is 0 Å². The third-order valence-electron chi connectivity index (χ3n) is 2.75.